The van der Waals surface area contributed by atoms with Gasteiger partial charge in [0.1, 0.15) is 6.04 Å². The number of hydrogen-bond acceptors (Lipinski definition) is 3. The van der Waals surface area contributed by atoms with Crippen molar-refractivity contribution >= 4 is 17.7 Å². The number of rotatable bonds is 1. The Hall–Kier alpha value is -2.17. The summed E-state index contributed by atoms with van der Waals surface area (Å²) < 4.78 is 0. The summed E-state index contributed by atoms with van der Waals surface area (Å²) in [6.45, 7) is 1.91. The summed E-state index contributed by atoms with van der Waals surface area (Å²) in [5.41, 5.74) is 1.59. The van der Waals surface area contributed by atoms with E-state index in [1.165, 1.54) is 0 Å². The highest BCUT2D eigenvalue weighted by Crippen LogP contribution is 2.36. The van der Waals surface area contributed by atoms with Crippen molar-refractivity contribution in [2.24, 2.45) is 0 Å². The van der Waals surface area contributed by atoms with Gasteiger partial charge in [-0.15, -0.1) is 0 Å². The molecular weight excluding hydrogens is 244 g/mol. The highest BCUT2D eigenvalue weighted by atomic mass is 16.2. The number of benzene rings is 1. The van der Waals surface area contributed by atoms with Gasteiger partial charge >= 0.3 is 0 Å². The fourth-order valence-electron chi connectivity index (χ4n) is 2.88. The van der Waals surface area contributed by atoms with E-state index in [-0.39, 0.29) is 30.2 Å². The second kappa shape index (κ2) is 4.19. The minimum Gasteiger partial charge on any atom is -0.320 e. The van der Waals surface area contributed by atoms with Gasteiger partial charge in [-0.25, -0.2) is 0 Å². The minimum absolute atomic E-state index is 0.127. The summed E-state index contributed by atoms with van der Waals surface area (Å²) in [7, 11) is 0. The molecule has 3 amide bonds. The molecule has 0 spiro atoms. The van der Waals surface area contributed by atoms with Crippen molar-refractivity contribution < 1.29 is 14.4 Å². The van der Waals surface area contributed by atoms with Crippen LogP contribution in [-0.2, 0) is 9.59 Å². The van der Waals surface area contributed by atoms with E-state index < -0.39 is 6.04 Å². The van der Waals surface area contributed by atoms with Crippen LogP contribution >= 0.6 is 0 Å². The zero-order valence-corrected chi connectivity index (χ0v) is 10.6. The number of nitrogens with zero attached hydrogens (tertiary/aromatic N) is 1. The number of nitrogens with one attached hydrogen (secondary N) is 1. The number of carbonyl (C=O) groups excluding carboxylic acids is 3. The van der Waals surface area contributed by atoms with Gasteiger partial charge < -0.3 is 4.90 Å². The molecule has 1 saturated heterocycles. The lowest BCUT2D eigenvalue weighted by atomic mass is 10.0. The van der Waals surface area contributed by atoms with E-state index in [2.05, 4.69) is 5.32 Å². The summed E-state index contributed by atoms with van der Waals surface area (Å²) in [4.78, 5) is 37.1. The quantitative estimate of drug-likeness (QED) is 0.764. The van der Waals surface area contributed by atoms with Gasteiger partial charge in [0.25, 0.3) is 5.91 Å². The number of piperidine rings is 1. The van der Waals surface area contributed by atoms with Crippen molar-refractivity contribution in [1.82, 2.24) is 10.2 Å². The summed E-state index contributed by atoms with van der Waals surface area (Å²) >= 11 is 0. The van der Waals surface area contributed by atoms with E-state index in [0.29, 0.717) is 12.0 Å². The van der Waals surface area contributed by atoms with E-state index in [1.807, 2.05) is 25.1 Å². The summed E-state index contributed by atoms with van der Waals surface area (Å²) in [5, 5.41) is 2.30. The van der Waals surface area contributed by atoms with E-state index in [9.17, 15) is 14.4 Å². The maximum Gasteiger partial charge on any atom is 0.255 e. The first-order valence-corrected chi connectivity index (χ1v) is 6.35. The van der Waals surface area contributed by atoms with Crippen LogP contribution in [0.4, 0.5) is 0 Å². The van der Waals surface area contributed by atoms with Crippen LogP contribution in [0.5, 0.6) is 0 Å². The molecule has 2 aliphatic rings. The van der Waals surface area contributed by atoms with Crippen molar-refractivity contribution in [2.75, 3.05) is 0 Å². The molecule has 2 unspecified atom stereocenters. The predicted molar refractivity (Wildman–Crippen MR) is 67.2 cm³/mol. The molecule has 2 aliphatic heterocycles. The maximum atomic E-state index is 12.4. The Morgan fingerprint density at radius 1 is 1.21 bits per heavy atom. The molecule has 1 aromatic rings. The molecule has 2 heterocycles. The molecule has 0 radical (unpaired) electrons. The molecule has 1 aromatic carbocycles. The predicted octanol–water partition coefficient (Wildman–Crippen LogP) is 1.01. The molecule has 98 valence electrons. The smallest absolute Gasteiger partial charge is 0.255 e. The lowest BCUT2D eigenvalue weighted by Crippen LogP contribution is -2.53. The third kappa shape index (κ3) is 1.73. The average molecular weight is 258 g/mol. The van der Waals surface area contributed by atoms with Crippen LogP contribution < -0.4 is 5.32 Å². The lowest BCUT2D eigenvalue weighted by Gasteiger charge is -2.32. The van der Waals surface area contributed by atoms with E-state index >= 15 is 0 Å². The summed E-state index contributed by atoms with van der Waals surface area (Å²) in [5.74, 6) is -0.764. The first-order valence-electron chi connectivity index (χ1n) is 6.35. The van der Waals surface area contributed by atoms with Gasteiger partial charge in [0.05, 0.1) is 6.04 Å². The van der Waals surface area contributed by atoms with E-state index in [1.54, 1.807) is 11.0 Å². The second-order valence-electron chi connectivity index (χ2n) is 4.94. The van der Waals surface area contributed by atoms with Crippen molar-refractivity contribution in [2.45, 2.75) is 31.8 Å². The normalized spacial score (nSPS) is 26.4. The van der Waals surface area contributed by atoms with E-state index in [0.717, 1.165) is 5.56 Å². The highest BCUT2D eigenvalue weighted by molar-refractivity contribution is 6.05. The molecule has 1 fully saturated rings. The fourth-order valence-corrected chi connectivity index (χ4v) is 2.88. The summed E-state index contributed by atoms with van der Waals surface area (Å²) in [6, 6.07) is 6.71. The van der Waals surface area contributed by atoms with Crippen LogP contribution in [0.1, 0.15) is 41.7 Å². The SMILES string of the molecule is CC1c2ccccc2C(=O)N1C1CCC(=O)NC1=O. The zero-order chi connectivity index (χ0) is 13.6. The van der Waals surface area contributed by atoms with Crippen LogP contribution in [-0.4, -0.2) is 28.7 Å². The number of imide groups is 1. The molecule has 3 rings (SSSR count). The van der Waals surface area contributed by atoms with Gasteiger partial charge in [0.2, 0.25) is 11.8 Å². The van der Waals surface area contributed by atoms with Gasteiger partial charge in [-0.2, -0.15) is 0 Å². The topological polar surface area (TPSA) is 66.5 Å². The Kier molecular flexibility index (Phi) is 2.62. The molecule has 1 N–H and O–H groups in total. The largest absolute Gasteiger partial charge is 0.320 e. The van der Waals surface area contributed by atoms with E-state index in [4.69, 9.17) is 0 Å². The number of hydrogen-bond donors (Lipinski definition) is 1. The van der Waals surface area contributed by atoms with Gasteiger partial charge in [0, 0.05) is 12.0 Å². The second-order valence-corrected chi connectivity index (χ2v) is 4.94. The Balaban J connectivity index is 1.94. The third-order valence-electron chi connectivity index (χ3n) is 3.84. The van der Waals surface area contributed by atoms with Crippen molar-refractivity contribution in [3.8, 4) is 0 Å². The van der Waals surface area contributed by atoms with Crippen molar-refractivity contribution in [3.05, 3.63) is 35.4 Å². The monoisotopic (exact) mass is 258 g/mol. The number of amides is 3. The molecule has 5 heteroatoms. The standard InChI is InChI=1S/C14H14N2O3/c1-8-9-4-2-3-5-10(9)14(19)16(8)11-6-7-12(17)15-13(11)18/h2-5,8,11H,6-7H2,1H3,(H,15,17,18). The van der Waals surface area contributed by atoms with Crippen LogP contribution in [0.25, 0.3) is 0 Å². The Labute approximate surface area is 110 Å². The number of carbonyl (C=O) groups is 3. The van der Waals surface area contributed by atoms with Crippen LogP contribution in [0.15, 0.2) is 24.3 Å². The van der Waals surface area contributed by atoms with Crippen molar-refractivity contribution in [1.29, 1.82) is 0 Å². The molecule has 0 bridgehead atoms. The Morgan fingerprint density at radius 2 is 1.95 bits per heavy atom. The lowest BCUT2D eigenvalue weighted by molar-refractivity contribution is -0.137. The van der Waals surface area contributed by atoms with Crippen LogP contribution in [0, 0.1) is 0 Å². The van der Waals surface area contributed by atoms with Gasteiger partial charge in [-0.05, 0) is 25.0 Å². The van der Waals surface area contributed by atoms with Gasteiger partial charge in [0.15, 0.2) is 0 Å². The molecule has 0 aromatic heterocycles. The fraction of sp³-hybridized carbons (Fsp3) is 0.357. The van der Waals surface area contributed by atoms with Crippen LogP contribution in [0.3, 0.4) is 0 Å². The molecule has 2 atom stereocenters. The van der Waals surface area contributed by atoms with Crippen LogP contribution in [0.2, 0.25) is 0 Å². The molecular formula is C14H14N2O3. The van der Waals surface area contributed by atoms with Crippen molar-refractivity contribution in [3.63, 3.8) is 0 Å². The number of fused-ring (bicyclic) bond motifs is 1. The third-order valence-corrected chi connectivity index (χ3v) is 3.84. The van der Waals surface area contributed by atoms with Gasteiger partial charge in [-0.3, -0.25) is 19.7 Å². The van der Waals surface area contributed by atoms with Gasteiger partial charge in [-0.1, -0.05) is 18.2 Å². The molecule has 0 aliphatic carbocycles. The highest BCUT2D eigenvalue weighted by Gasteiger charge is 2.42. The molecule has 19 heavy (non-hydrogen) atoms. The molecule has 5 nitrogen and oxygen atoms in total. The molecule has 0 saturated carbocycles. The Bertz CT molecular complexity index is 582. The first-order chi connectivity index (χ1) is 9.09. The first kappa shape index (κ1) is 11.9. The maximum absolute atomic E-state index is 12.4. The summed E-state index contributed by atoms with van der Waals surface area (Å²) in [6.07, 6.45) is 0.679. The average Bonchev–Trinajstić information content (AvgIpc) is 2.64. The Morgan fingerprint density at radius 3 is 2.63 bits per heavy atom. The zero-order valence-electron chi connectivity index (χ0n) is 10.6. The minimum atomic E-state index is -0.549.